The predicted octanol–water partition coefficient (Wildman–Crippen LogP) is 4.19. The summed E-state index contributed by atoms with van der Waals surface area (Å²) in [4.78, 5) is 4.40. The van der Waals surface area contributed by atoms with Gasteiger partial charge in [-0.2, -0.15) is 0 Å². The SMILES string of the molecule is Cc1ccc(N=Cc2ccc(F)cc2)c(C)c1. The number of hydrogen-bond acceptors (Lipinski definition) is 1. The highest BCUT2D eigenvalue weighted by Crippen LogP contribution is 2.19. The van der Waals surface area contributed by atoms with Crippen molar-refractivity contribution in [3.63, 3.8) is 0 Å². The Labute approximate surface area is 101 Å². The van der Waals surface area contributed by atoms with E-state index in [0.717, 1.165) is 16.8 Å². The Morgan fingerprint density at radius 1 is 1.00 bits per heavy atom. The molecule has 0 bridgehead atoms. The first-order valence-electron chi connectivity index (χ1n) is 5.52. The van der Waals surface area contributed by atoms with Gasteiger partial charge in [0.25, 0.3) is 0 Å². The minimum Gasteiger partial charge on any atom is -0.256 e. The average molecular weight is 227 g/mol. The highest BCUT2D eigenvalue weighted by atomic mass is 19.1. The smallest absolute Gasteiger partial charge is 0.123 e. The summed E-state index contributed by atoms with van der Waals surface area (Å²) < 4.78 is 12.7. The highest BCUT2D eigenvalue weighted by Gasteiger charge is 1.95. The summed E-state index contributed by atoms with van der Waals surface area (Å²) in [5.74, 6) is -0.228. The van der Waals surface area contributed by atoms with Crippen molar-refractivity contribution in [1.29, 1.82) is 0 Å². The molecule has 0 aliphatic rings. The maximum Gasteiger partial charge on any atom is 0.123 e. The Kier molecular flexibility index (Phi) is 3.33. The standard InChI is InChI=1S/C15H14FN/c1-11-3-8-15(12(2)9-11)17-10-13-4-6-14(16)7-5-13/h3-10H,1-2H3. The Balaban J connectivity index is 2.23. The Bertz CT molecular complexity index is 541. The molecule has 2 aromatic rings. The second-order valence-corrected chi connectivity index (χ2v) is 4.10. The molecule has 0 heterocycles. The molecule has 0 saturated carbocycles. The first kappa shape index (κ1) is 11.5. The van der Waals surface area contributed by atoms with E-state index in [0.29, 0.717) is 0 Å². The summed E-state index contributed by atoms with van der Waals surface area (Å²) in [5, 5.41) is 0. The zero-order valence-corrected chi connectivity index (χ0v) is 9.94. The van der Waals surface area contributed by atoms with Crippen LogP contribution in [0.15, 0.2) is 47.5 Å². The second-order valence-electron chi connectivity index (χ2n) is 4.10. The minimum absolute atomic E-state index is 0.228. The van der Waals surface area contributed by atoms with Crippen molar-refractivity contribution in [2.45, 2.75) is 13.8 Å². The third kappa shape index (κ3) is 3.00. The predicted molar refractivity (Wildman–Crippen MR) is 69.6 cm³/mol. The highest BCUT2D eigenvalue weighted by molar-refractivity contribution is 5.82. The fraction of sp³-hybridized carbons (Fsp3) is 0.133. The molecule has 0 saturated heterocycles. The van der Waals surface area contributed by atoms with Gasteiger partial charge in [0.15, 0.2) is 0 Å². The average Bonchev–Trinajstić information content (AvgIpc) is 2.30. The van der Waals surface area contributed by atoms with Gasteiger partial charge in [-0.1, -0.05) is 29.8 Å². The largest absolute Gasteiger partial charge is 0.256 e. The summed E-state index contributed by atoms with van der Waals surface area (Å²) in [5.41, 5.74) is 4.21. The molecule has 0 spiro atoms. The summed E-state index contributed by atoms with van der Waals surface area (Å²) in [6, 6.07) is 12.4. The molecule has 0 radical (unpaired) electrons. The molecule has 0 amide bonds. The van der Waals surface area contributed by atoms with Gasteiger partial charge in [-0.25, -0.2) is 4.39 Å². The van der Waals surface area contributed by atoms with Crippen molar-refractivity contribution >= 4 is 11.9 Å². The number of rotatable bonds is 2. The lowest BCUT2D eigenvalue weighted by atomic mass is 10.1. The van der Waals surface area contributed by atoms with Crippen molar-refractivity contribution < 1.29 is 4.39 Å². The first-order valence-corrected chi connectivity index (χ1v) is 5.52. The molecule has 0 N–H and O–H groups in total. The van der Waals surface area contributed by atoms with Crippen molar-refractivity contribution in [2.75, 3.05) is 0 Å². The van der Waals surface area contributed by atoms with Crippen LogP contribution in [0.4, 0.5) is 10.1 Å². The molecule has 86 valence electrons. The Morgan fingerprint density at radius 3 is 2.35 bits per heavy atom. The Hall–Kier alpha value is -1.96. The van der Waals surface area contributed by atoms with Crippen LogP contribution in [0.1, 0.15) is 16.7 Å². The molecule has 2 rings (SSSR count). The van der Waals surface area contributed by atoms with E-state index in [2.05, 4.69) is 18.0 Å². The molecule has 1 nitrogen and oxygen atoms in total. The molecule has 0 fully saturated rings. The molecule has 0 aliphatic carbocycles. The third-order valence-corrected chi connectivity index (χ3v) is 2.58. The van der Waals surface area contributed by atoms with E-state index >= 15 is 0 Å². The van der Waals surface area contributed by atoms with Crippen LogP contribution in [0, 0.1) is 19.7 Å². The van der Waals surface area contributed by atoms with Gasteiger partial charge in [0.2, 0.25) is 0 Å². The lowest BCUT2D eigenvalue weighted by molar-refractivity contribution is 0.628. The van der Waals surface area contributed by atoms with Crippen LogP contribution < -0.4 is 0 Å². The number of hydrogen-bond donors (Lipinski definition) is 0. The van der Waals surface area contributed by atoms with E-state index in [1.54, 1.807) is 18.3 Å². The van der Waals surface area contributed by atoms with Crippen LogP contribution in [-0.2, 0) is 0 Å². The van der Waals surface area contributed by atoms with Gasteiger partial charge in [0, 0.05) is 6.21 Å². The lowest BCUT2D eigenvalue weighted by Gasteiger charge is -2.01. The molecule has 0 aromatic heterocycles. The van der Waals surface area contributed by atoms with Crippen LogP contribution in [0.25, 0.3) is 0 Å². The molecule has 2 heteroatoms. The van der Waals surface area contributed by atoms with Gasteiger partial charge in [-0.15, -0.1) is 0 Å². The van der Waals surface area contributed by atoms with E-state index in [1.807, 2.05) is 19.1 Å². The summed E-state index contributed by atoms with van der Waals surface area (Å²) in [7, 11) is 0. The van der Waals surface area contributed by atoms with Gasteiger partial charge >= 0.3 is 0 Å². The maximum absolute atomic E-state index is 12.7. The summed E-state index contributed by atoms with van der Waals surface area (Å²) in [6.45, 7) is 4.09. The van der Waals surface area contributed by atoms with Crippen LogP contribution in [0.2, 0.25) is 0 Å². The van der Waals surface area contributed by atoms with Crippen LogP contribution >= 0.6 is 0 Å². The van der Waals surface area contributed by atoms with Crippen LogP contribution in [0.5, 0.6) is 0 Å². The Morgan fingerprint density at radius 2 is 1.71 bits per heavy atom. The van der Waals surface area contributed by atoms with Crippen molar-refractivity contribution in [2.24, 2.45) is 4.99 Å². The van der Waals surface area contributed by atoms with E-state index in [-0.39, 0.29) is 5.82 Å². The molecule has 2 aromatic carbocycles. The van der Waals surface area contributed by atoms with Crippen LogP contribution in [0.3, 0.4) is 0 Å². The molecule has 0 atom stereocenters. The zero-order valence-electron chi connectivity index (χ0n) is 9.94. The summed E-state index contributed by atoms with van der Waals surface area (Å²) in [6.07, 6.45) is 1.75. The van der Waals surface area contributed by atoms with Gasteiger partial charge in [-0.05, 0) is 43.2 Å². The topological polar surface area (TPSA) is 12.4 Å². The number of halogens is 1. The van der Waals surface area contributed by atoms with E-state index in [9.17, 15) is 4.39 Å². The summed E-state index contributed by atoms with van der Waals surface area (Å²) >= 11 is 0. The van der Waals surface area contributed by atoms with E-state index < -0.39 is 0 Å². The zero-order chi connectivity index (χ0) is 12.3. The van der Waals surface area contributed by atoms with Gasteiger partial charge in [0.1, 0.15) is 5.82 Å². The fourth-order valence-electron chi connectivity index (χ4n) is 1.64. The van der Waals surface area contributed by atoms with Crippen molar-refractivity contribution in [3.05, 3.63) is 65.0 Å². The third-order valence-electron chi connectivity index (χ3n) is 2.58. The fourth-order valence-corrected chi connectivity index (χ4v) is 1.64. The number of aryl methyl sites for hydroxylation is 2. The number of aliphatic imine (C=N–C) groups is 1. The molecule has 0 aliphatic heterocycles. The van der Waals surface area contributed by atoms with E-state index in [1.165, 1.54) is 17.7 Å². The normalized spacial score (nSPS) is 11.0. The minimum atomic E-state index is -0.228. The lowest BCUT2D eigenvalue weighted by Crippen LogP contribution is -1.82. The number of benzene rings is 2. The molecule has 0 unspecified atom stereocenters. The van der Waals surface area contributed by atoms with Gasteiger partial charge in [0.05, 0.1) is 5.69 Å². The van der Waals surface area contributed by atoms with Gasteiger partial charge < -0.3 is 0 Å². The van der Waals surface area contributed by atoms with Crippen molar-refractivity contribution in [1.82, 2.24) is 0 Å². The van der Waals surface area contributed by atoms with Crippen molar-refractivity contribution in [3.8, 4) is 0 Å². The monoisotopic (exact) mass is 227 g/mol. The first-order chi connectivity index (χ1) is 8.15. The molecular formula is C15H14FN. The maximum atomic E-state index is 12.7. The quantitative estimate of drug-likeness (QED) is 0.682. The number of nitrogens with zero attached hydrogens (tertiary/aromatic N) is 1. The van der Waals surface area contributed by atoms with Gasteiger partial charge in [-0.3, -0.25) is 4.99 Å². The van der Waals surface area contributed by atoms with E-state index in [4.69, 9.17) is 0 Å². The second kappa shape index (κ2) is 4.91. The molecular weight excluding hydrogens is 213 g/mol. The molecule has 17 heavy (non-hydrogen) atoms. The van der Waals surface area contributed by atoms with Crippen LogP contribution in [-0.4, -0.2) is 6.21 Å².